The van der Waals surface area contributed by atoms with E-state index in [1.165, 1.54) is 16.5 Å². The van der Waals surface area contributed by atoms with E-state index in [9.17, 15) is 9.59 Å². The lowest BCUT2D eigenvalue weighted by Crippen LogP contribution is -2.33. The number of aromatic nitrogens is 3. The second-order valence-electron chi connectivity index (χ2n) is 7.99. The maximum absolute atomic E-state index is 13.3. The first-order chi connectivity index (χ1) is 14.9. The molecule has 0 unspecified atom stereocenters. The number of likely N-dealkylation sites (N-methyl/N-ethyl adjacent to an activating group) is 1. The van der Waals surface area contributed by atoms with E-state index in [0.717, 1.165) is 22.5 Å². The molecule has 0 aliphatic heterocycles. The van der Waals surface area contributed by atoms with Gasteiger partial charge >= 0.3 is 0 Å². The molecule has 4 rings (SSSR count). The van der Waals surface area contributed by atoms with Gasteiger partial charge in [0.1, 0.15) is 12.9 Å². The highest BCUT2D eigenvalue weighted by atomic mass is 16.2. The fourth-order valence-corrected chi connectivity index (χ4v) is 3.82. The van der Waals surface area contributed by atoms with Crippen LogP contribution in [0, 0.1) is 20.8 Å². The predicted molar refractivity (Wildman–Crippen MR) is 122 cm³/mol. The van der Waals surface area contributed by atoms with Gasteiger partial charge in [0, 0.05) is 25.0 Å². The number of hydrogen-bond donors (Lipinski definition) is 0. The highest BCUT2D eigenvalue weighted by molar-refractivity contribution is 5.83. The van der Waals surface area contributed by atoms with E-state index in [2.05, 4.69) is 4.98 Å². The zero-order valence-corrected chi connectivity index (χ0v) is 18.3. The van der Waals surface area contributed by atoms with Crippen molar-refractivity contribution in [3.8, 4) is 5.69 Å². The van der Waals surface area contributed by atoms with Crippen molar-refractivity contribution < 1.29 is 4.79 Å². The lowest BCUT2D eigenvalue weighted by atomic mass is 10.2. The van der Waals surface area contributed by atoms with Gasteiger partial charge in [-0.3, -0.25) is 18.7 Å². The molecule has 0 aliphatic carbocycles. The number of fused-ring (bicyclic) bond motifs is 1. The largest absolute Gasteiger partial charge is 0.340 e. The number of carbonyl (C=O) groups excluding carboxylic acids is 1. The van der Waals surface area contributed by atoms with Crippen molar-refractivity contribution in [2.75, 3.05) is 7.05 Å². The quantitative estimate of drug-likeness (QED) is 0.499. The molecule has 4 aromatic rings. The number of rotatable bonds is 5. The summed E-state index contributed by atoms with van der Waals surface area (Å²) < 4.78 is 3.40. The van der Waals surface area contributed by atoms with E-state index in [1.807, 2.05) is 79.9 Å². The third-order valence-corrected chi connectivity index (χ3v) is 5.77. The van der Waals surface area contributed by atoms with Gasteiger partial charge in [-0.25, -0.2) is 4.98 Å². The molecule has 6 nitrogen and oxygen atoms in total. The molecule has 0 fully saturated rings. The summed E-state index contributed by atoms with van der Waals surface area (Å²) in [5.41, 5.74) is 5.44. The predicted octanol–water partition coefficient (Wildman–Crippen LogP) is 3.77. The number of nitrogens with zero attached hydrogens (tertiary/aromatic N) is 4. The maximum atomic E-state index is 13.3. The number of benzene rings is 2. The van der Waals surface area contributed by atoms with Gasteiger partial charge in [-0.05, 0) is 44.0 Å². The van der Waals surface area contributed by atoms with E-state index in [4.69, 9.17) is 0 Å². The van der Waals surface area contributed by atoms with Gasteiger partial charge in [-0.15, -0.1) is 0 Å². The molecule has 0 radical (unpaired) electrons. The average molecular weight is 415 g/mol. The molecule has 0 atom stereocenters. The van der Waals surface area contributed by atoms with Gasteiger partial charge in [0.25, 0.3) is 5.56 Å². The highest BCUT2D eigenvalue weighted by Crippen LogP contribution is 2.25. The average Bonchev–Trinajstić information content (AvgIpc) is 3.02. The van der Waals surface area contributed by atoms with Gasteiger partial charge in [0.05, 0.1) is 5.39 Å². The molecule has 0 spiro atoms. The lowest BCUT2D eigenvalue weighted by molar-refractivity contribution is -0.131. The van der Waals surface area contributed by atoms with E-state index >= 15 is 0 Å². The van der Waals surface area contributed by atoms with E-state index < -0.39 is 0 Å². The molecule has 0 N–H and O–H groups in total. The molecule has 2 aromatic carbocycles. The number of aryl methyl sites for hydroxylation is 2. The maximum Gasteiger partial charge on any atom is 0.263 e. The fourth-order valence-electron chi connectivity index (χ4n) is 3.82. The minimum Gasteiger partial charge on any atom is -0.340 e. The van der Waals surface area contributed by atoms with Crippen molar-refractivity contribution in [1.29, 1.82) is 0 Å². The smallest absolute Gasteiger partial charge is 0.263 e. The first-order valence-corrected chi connectivity index (χ1v) is 10.3. The van der Waals surface area contributed by atoms with Crippen molar-refractivity contribution >= 4 is 16.9 Å². The molecule has 0 aliphatic rings. The second kappa shape index (κ2) is 8.22. The Bertz CT molecular complexity index is 1300. The highest BCUT2D eigenvalue weighted by Gasteiger charge is 2.19. The van der Waals surface area contributed by atoms with E-state index in [1.54, 1.807) is 11.9 Å². The third kappa shape index (κ3) is 3.89. The Hall–Kier alpha value is -3.67. The van der Waals surface area contributed by atoms with Crippen molar-refractivity contribution in [2.45, 2.75) is 33.9 Å². The van der Waals surface area contributed by atoms with Crippen LogP contribution in [0.15, 0.2) is 65.7 Å². The van der Waals surface area contributed by atoms with Crippen LogP contribution in [0.3, 0.4) is 0 Å². The van der Waals surface area contributed by atoms with Crippen molar-refractivity contribution in [1.82, 2.24) is 19.0 Å². The monoisotopic (exact) mass is 414 g/mol. The molecule has 0 saturated carbocycles. The minimum atomic E-state index is -0.196. The molecule has 0 saturated heterocycles. The molecule has 0 bridgehead atoms. The normalized spacial score (nSPS) is 11.1. The van der Waals surface area contributed by atoms with Gasteiger partial charge in [-0.1, -0.05) is 48.0 Å². The van der Waals surface area contributed by atoms with Crippen molar-refractivity contribution in [3.63, 3.8) is 0 Å². The SMILES string of the molecule is Cc1ccc(-n2c(C)c(C)c3c(=O)n(CC(=O)N(C)Cc4ccccc4)cnc32)cc1. The summed E-state index contributed by atoms with van der Waals surface area (Å²) in [5, 5.41) is 0.555. The Morgan fingerprint density at radius 1 is 1.00 bits per heavy atom. The summed E-state index contributed by atoms with van der Waals surface area (Å²) in [6.07, 6.45) is 1.47. The van der Waals surface area contributed by atoms with Crippen LogP contribution in [0.5, 0.6) is 0 Å². The van der Waals surface area contributed by atoms with Gasteiger partial charge in [0.2, 0.25) is 5.91 Å². The minimum absolute atomic E-state index is 0.0424. The van der Waals surface area contributed by atoms with Crippen LogP contribution in [0.4, 0.5) is 0 Å². The first kappa shape index (κ1) is 20.6. The molecule has 158 valence electrons. The zero-order chi connectivity index (χ0) is 22.1. The van der Waals surface area contributed by atoms with Crippen LogP contribution in [-0.2, 0) is 17.9 Å². The van der Waals surface area contributed by atoms with Crippen molar-refractivity contribution in [2.24, 2.45) is 0 Å². The molecule has 6 heteroatoms. The number of carbonyl (C=O) groups is 1. The molecule has 1 amide bonds. The van der Waals surface area contributed by atoms with Crippen LogP contribution in [0.1, 0.15) is 22.4 Å². The van der Waals surface area contributed by atoms with E-state index in [0.29, 0.717) is 17.6 Å². The van der Waals surface area contributed by atoms with Crippen LogP contribution >= 0.6 is 0 Å². The molecular formula is C25H26N4O2. The summed E-state index contributed by atoms with van der Waals surface area (Å²) in [6.45, 7) is 6.41. The van der Waals surface area contributed by atoms with Crippen LogP contribution in [0.25, 0.3) is 16.7 Å². The molecule has 31 heavy (non-hydrogen) atoms. The fraction of sp³-hybridized carbons (Fsp3) is 0.240. The molecule has 2 heterocycles. The second-order valence-corrected chi connectivity index (χ2v) is 7.99. The Labute approximate surface area is 181 Å². The Balaban J connectivity index is 1.67. The Kier molecular flexibility index (Phi) is 5.46. The number of hydrogen-bond acceptors (Lipinski definition) is 3. The third-order valence-electron chi connectivity index (χ3n) is 5.77. The van der Waals surface area contributed by atoms with E-state index in [-0.39, 0.29) is 18.0 Å². The zero-order valence-electron chi connectivity index (χ0n) is 18.3. The first-order valence-electron chi connectivity index (χ1n) is 10.3. The summed E-state index contributed by atoms with van der Waals surface area (Å²) >= 11 is 0. The molecule has 2 aromatic heterocycles. The number of amides is 1. The topological polar surface area (TPSA) is 60.1 Å². The van der Waals surface area contributed by atoms with Gasteiger partial charge in [0.15, 0.2) is 5.65 Å². The van der Waals surface area contributed by atoms with Crippen LogP contribution in [-0.4, -0.2) is 32.0 Å². The summed E-state index contributed by atoms with van der Waals surface area (Å²) in [6, 6.07) is 17.9. The van der Waals surface area contributed by atoms with Crippen LogP contribution < -0.4 is 5.56 Å². The summed E-state index contributed by atoms with van der Waals surface area (Å²) in [7, 11) is 1.75. The summed E-state index contributed by atoms with van der Waals surface area (Å²) in [5.74, 6) is -0.139. The standard InChI is InChI=1S/C25H26N4O2/c1-17-10-12-21(13-11-17)29-19(3)18(2)23-24(29)26-16-28(25(23)31)15-22(30)27(4)14-20-8-6-5-7-9-20/h5-13,16H,14-15H2,1-4H3. The Morgan fingerprint density at radius 3 is 2.35 bits per heavy atom. The van der Waals surface area contributed by atoms with Gasteiger partial charge < -0.3 is 4.90 Å². The van der Waals surface area contributed by atoms with Crippen molar-refractivity contribution in [3.05, 3.63) is 93.7 Å². The van der Waals surface area contributed by atoms with Gasteiger partial charge in [-0.2, -0.15) is 0 Å². The molecular weight excluding hydrogens is 388 g/mol. The Morgan fingerprint density at radius 2 is 1.68 bits per heavy atom. The lowest BCUT2D eigenvalue weighted by Gasteiger charge is -2.18. The van der Waals surface area contributed by atoms with Crippen LogP contribution in [0.2, 0.25) is 0 Å². The summed E-state index contributed by atoms with van der Waals surface area (Å²) in [4.78, 5) is 32.2.